The molecule has 1 aliphatic heterocycles. The van der Waals surface area contributed by atoms with Crippen LogP contribution in [0.1, 0.15) is 38.8 Å². The Hall–Kier alpha value is -0.870. The highest BCUT2D eigenvalue weighted by Gasteiger charge is 2.37. The van der Waals surface area contributed by atoms with E-state index in [0.717, 1.165) is 18.7 Å². The summed E-state index contributed by atoms with van der Waals surface area (Å²) in [5.74, 6) is 0. The van der Waals surface area contributed by atoms with Crippen LogP contribution in [-0.4, -0.2) is 27.6 Å². The van der Waals surface area contributed by atoms with Gasteiger partial charge < -0.3 is 9.84 Å². The van der Waals surface area contributed by atoms with Crippen molar-refractivity contribution in [2.45, 2.75) is 51.4 Å². The zero-order valence-electron chi connectivity index (χ0n) is 10.0. The minimum absolute atomic E-state index is 0.115. The third-order valence-electron chi connectivity index (χ3n) is 3.17. The Labute approximate surface area is 96.2 Å². The molecule has 2 atom stereocenters. The summed E-state index contributed by atoms with van der Waals surface area (Å²) in [6.07, 6.45) is 4.22. The van der Waals surface area contributed by atoms with E-state index in [4.69, 9.17) is 4.74 Å². The summed E-state index contributed by atoms with van der Waals surface area (Å²) in [4.78, 5) is 0. The zero-order chi connectivity index (χ0) is 11.6. The van der Waals surface area contributed by atoms with Crippen molar-refractivity contribution in [1.29, 1.82) is 0 Å². The van der Waals surface area contributed by atoms with Crippen molar-refractivity contribution < 1.29 is 9.84 Å². The van der Waals surface area contributed by atoms with E-state index in [0.29, 0.717) is 19.4 Å². The quantitative estimate of drug-likeness (QED) is 0.849. The van der Waals surface area contributed by atoms with Gasteiger partial charge in [0.15, 0.2) is 0 Å². The lowest BCUT2D eigenvalue weighted by Crippen LogP contribution is -2.39. The molecule has 16 heavy (non-hydrogen) atoms. The first-order valence-electron chi connectivity index (χ1n) is 6.02. The van der Waals surface area contributed by atoms with Gasteiger partial charge in [0, 0.05) is 25.6 Å². The van der Waals surface area contributed by atoms with Gasteiger partial charge in [0.05, 0.1) is 18.4 Å². The van der Waals surface area contributed by atoms with Gasteiger partial charge in [0.1, 0.15) is 5.60 Å². The lowest BCUT2D eigenvalue weighted by molar-refractivity contribution is -0.105. The summed E-state index contributed by atoms with van der Waals surface area (Å²) in [5, 5.41) is 14.9. The highest BCUT2D eigenvalue weighted by molar-refractivity contribution is 5.13. The number of hydrogen-bond donors (Lipinski definition) is 1. The molecule has 2 unspecified atom stereocenters. The molecule has 4 heteroatoms. The predicted molar refractivity (Wildman–Crippen MR) is 61.1 cm³/mol. The van der Waals surface area contributed by atoms with Crippen LogP contribution < -0.4 is 0 Å². The molecule has 1 N–H and O–H groups in total. The molecule has 0 aromatic carbocycles. The maximum absolute atomic E-state index is 10.7. The number of ether oxygens (including phenoxy) is 1. The van der Waals surface area contributed by atoms with Crippen LogP contribution in [0.3, 0.4) is 0 Å². The van der Waals surface area contributed by atoms with Crippen molar-refractivity contribution >= 4 is 0 Å². The highest BCUT2D eigenvalue weighted by Crippen LogP contribution is 2.34. The first-order valence-corrected chi connectivity index (χ1v) is 6.02. The van der Waals surface area contributed by atoms with Crippen molar-refractivity contribution in [3.05, 3.63) is 18.0 Å². The van der Waals surface area contributed by atoms with Crippen LogP contribution >= 0.6 is 0 Å². The molecule has 1 aromatic heterocycles. The van der Waals surface area contributed by atoms with Crippen molar-refractivity contribution in [2.24, 2.45) is 0 Å². The first-order chi connectivity index (χ1) is 7.65. The molecule has 0 saturated carbocycles. The lowest BCUT2D eigenvalue weighted by atomic mass is 9.87. The highest BCUT2D eigenvalue weighted by atomic mass is 16.5. The largest absolute Gasteiger partial charge is 0.383 e. The Morgan fingerprint density at radius 2 is 2.50 bits per heavy atom. The average Bonchev–Trinajstić information content (AvgIpc) is 2.67. The summed E-state index contributed by atoms with van der Waals surface area (Å²) in [5.41, 5.74) is 0.174. The summed E-state index contributed by atoms with van der Waals surface area (Å²) >= 11 is 0. The Morgan fingerprint density at radius 1 is 1.69 bits per heavy atom. The number of aliphatic hydroxyl groups is 1. The van der Waals surface area contributed by atoms with Crippen LogP contribution in [0.15, 0.2) is 12.3 Å². The van der Waals surface area contributed by atoms with Crippen molar-refractivity contribution in [2.75, 3.05) is 6.61 Å². The van der Waals surface area contributed by atoms with Gasteiger partial charge in [-0.3, -0.25) is 4.68 Å². The summed E-state index contributed by atoms with van der Waals surface area (Å²) in [6.45, 7) is 5.60. The van der Waals surface area contributed by atoms with Crippen LogP contribution in [-0.2, 0) is 16.9 Å². The van der Waals surface area contributed by atoms with Crippen LogP contribution in [0.5, 0.6) is 0 Å². The molecule has 90 valence electrons. The van der Waals surface area contributed by atoms with Gasteiger partial charge in [-0.15, -0.1) is 0 Å². The fourth-order valence-electron chi connectivity index (χ4n) is 2.42. The van der Waals surface area contributed by atoms with E-state index < -0.39 is 5.60 Å². The van der Waals surface area contributed by atoms with Gasteiger partial charge in [0.2, 0.25) is 0 Å². The first kappa shape index (κ1) is 11.6. The molecule has 0 bridgehead atoms. The second kappa shape index (κ2) is 4.55. The molecule has 0 aliphatic carbocycles. The van der Waals surface area contributed by atoms with Gasteiger partial charge >= 0.3 is 0 Å². The number of nitrogens with zero attached hydrogens (tertiary/aromatic N) is 2. The van der Waals surface area contributed by atoms with Gasteiger partial charge in [-0.1, -0.05) is 6.92 Å². The topological polar surface area (TPSA) is 47.3 Å². The molecular formula is C12H20N2O2. The molecule has 1 fully saturated rings. The monoisotopic (exact) mass is 224 g/mol. The summed E-state index contributed by atoms with van der Waals surface area (Å²) in [6, 6.07) is 1.92. The van der Waals surface area contributed by atoms with Crippen molar-refractivity contribution in [3.8, 4) is 0 Å². The van der Waals surface area contributed by atoms with E-state index in [-0.39, 0.29) is 6.10 Å². The number of aromatic nitrogens is 2. The van der Waals surface area contributed by atoms with E-state index in [1.54, 1.807) is 6.20 Å². The van der Waals surface area contributed by atoms with Crippen LogP contribution in [0.2, 0.25) is 0 Å². The fourth-order valence-corrected chi connectivity index (χ4v) is 2.42. The minimum atomic E-state index is -0.761. The number of aryl methyl sites for hydroxylation is 1. The molecule has 0 radical (unpaired) electrons. The second-order valence-corrected chi connectivity index (χ2v) is 4.61. The molecule has 1 aliphatic rings. The van der Waals surface area contributed by atoms with E-state index in [2.05, 4.69) is 12.0 Å². The van der Waals surface area contributed by atoms with Gasteiger partial charge in [-0.05, 0) is 19.4 Å². The molecule has 4 nitrogen and oxygen atoms in total. The van der Waals surface area contributed by atoms with Crippen LogP contribution in [0.25, 0.3) is 0 Å². The molecule has 0 amide bonds. The SMILES string of the molecule is CCCn1nccc1C1(O)CCOC(C)C1. The smallest absolute Gasteiger partial charge is 0.111 e. The molecule has 0 spiro atoms. The second-order valence-electron chi connectivity index (χ2n) is 4.61. The molecule has 1 aromatic rings. The number of hydrogen-bond acceptors (Lipinski definition) is 3. The van der Waals surface area contributed by atoms with E-state index in [1.165, 1.54) is 0 Å². The maximum atomic E-state index is 10.7. The van der Waals surface area contributed by atoms with E-state index >= 15 is 0 Å². The van der Waals surface area contributed by atoms with E-state index in [1.807, 2.05) is 17.7 Å². The van der Waals surface area contributed by atoms with E-state index in [9.17, 15) is 5.11 Å². The van der Waals surface area contributed by atoms with Gasteiger partial charge in [-0.2, -0.15) is 5.10 Å². The third kappa shape index (κ3) is 2.13. The predicted octanol–water partition coefficient (Wildman–Crippen LogP) is 1.68. The molecular weight excluding hydrogens is 204 g/mol. The third-order valence-corrected chi connectivity index (χ3v) is 3.17. The minimum Gasteiger partial charge on any atom is -0.383 e. The molecule has 2 heterocycles. The fraction of sp³-hybridized carbons (Fsp3) is 0.750. The van der Waals surface area contributed by atoms with Crippen molar-refractivity contribution in [3.63, 3.8) is 0 Å². The maximum Gasteiger partial charge on any atom is 0.111 e. The summed E-state index contributed by atoms with van der Waals surface area (Å²) in [7, 11) is 0. The van der Waals surface area contributed by atoms with Crippen LogP contribution in [0.4, 0.5) is 0 Å². The summed E-state index contributed by atoms with van der Waals surface area (Å²) < 4.78 is 7.40. The zero-order valence-corrected chi connectivity index (χ0v) is 10.0. The Bertz CT molecular complexity index is 351. The Morgan fingerprint density at radius 3 is 3.19 bits per heavy atom. The van der Waals surface area contributed by atoms with Gasteiger partial charge in [0.25, 0.3) is 0 Å². The average molecular weight is 224 g/mol. The lowest BCUT2D eigenvalue weighted by Gasteiger charge is -2.35. The van der Waals surface area contributed by atoms with Gasteiger partial charge in [-0.25, -0.2) is 0 Å². The standard InChI is InChI=1S/C12H20N2O2/c1-3-7-14-11(4-6-13-14)12(15)5-8-16-10(2)9-12/h4,6,10,15H,3,5,7-9H2,1-2H3. The Balaban J connectivity index is 2.23. The Kier molecular flexibility index (Phi) is 3.30. The normalized spacial score (nSPS) is 30.6. The van der Waals surface area contributed by atoms with Crippen LogP contribution in [0, 0.1) is 0 Å². The molecule has 1 saturated heterocycles. The van der Waals surface area contributed by atoms with Crippen molar-refractivity contribution in [1.82, 2.24) is 9.78 Å². The molecule has 2 rings (SSSR count). The number of rotatable bonds is 3.